The zero-order valence-electron chi connectivity index (χ0n) is 23.2. The SMILES string of the molecule is COc1ccc([C@H]2CC(=O)C3=C(C2)N=C(C)C(C(=O)OC2CCCCC2)[C@H]3c2ccc(OC)cc2OC)cc1. The number of nitrogens with zero attached hydrogens (tertiary/aromatic N) is 1. The Balaban J connectivity index is 1.55. The van der Waals surface area contributed by atoms with Crippen molar-refractivity contribution in [3.8, 4) is 17.2 Å². The molecule has 2 aliphatic carbocycles. The molecule has 0 spiro atoms. The molecule has 0 saturated heterocycles. The molecular formula is C32H37NO6. The third-order valence-corrected chi connectivity index (χ3v) is 8.34. The zero-order chi connectivity index (χ0) is 27.5. The van der Waals surface area contributed by atoms with Gasteiger partial charge in [-0.15, -0.1) is 0 Å². The van der Waals surface area contributed by atoms with Crippen LogP contribution in [0.4, 0.5) is 0 Å². The normalized spacial score (nSPS) is 23.5. The second kappa shape index (κ2) is 11.6. The van der Waals surface area contributed by atoms with Crippen LogP contribution in [0.1, 0.15) is 74.8 Å². The van der Waals surface area contributed by atoms with Crippen LogP contribution in [-0.4, -0.2) is 44.9 Å². The van der Waals surface area contributed by atoms with Crippen LogP contribution in [0.3, 0.4) is 0 Å². The summed E-state index contributed by atoms with van der Waals surface area (Å²) in [5, 5.41) is 0. The van der Waals surface area contributed by atoms with E-state index in [0.29, 0.717) is 35.6 Å². The number of ketones is 1. The molecule has 7 nitrogen and oxygen atoms in total. The number of aliphatic imine (C=N–C) groups is 1. The first-order valence-electron chi connectivity index (χ1n) is 13.8. The number of hydrogen-bond donors (Lipinski definition) is 0. The highest BCUT2D eigenvalue weighted by Gasteiger charge is 2.46. The van der Waals surface area contributed by atoms with E-state index in [1.165, 1.54) is 6.42 Å². The summed E-state index contributed by atoms with van der Waals surface area (Å²) in [6, 6.07) is 13.4. The smallest absolute Gasteiger partial charge is 0.315 e. The first kappa shape index (κ1) is 27.0. The molecule has 0 radical (unpaired) electrons. The van der Waals surface area contributed by atoms with Crippen LogP contribution in [0, 0.1) is 5.92 Å². The number of esters is 1. The quantitative estimate of drug-likeness (QED) is 0.398. The summed E-state index contributed by atoms with van der Waals surface area (Å²) in [6.07, 6.45) is 5.92. The molecule has 0 amide bonds. The molecule has 3 atom stereocenters. The fraction of sp³-hybridized carbons (Fsp3) is 0.469. The van der Waals surface area contributed by atoms with Gasteiger partial charge >= 0.3 is 5.97 Å². The van der Waals surface area contributed by atoms with Gasteiger partial charge in [0.25, 0.3) is 0 Å². The highest BCUT2D eigenvalue weighted by Crippen LogP contribution is 2.49. The molecule has 7 heteroatoms. The Morgan fingerprint density at radius 2 is 1.56 bits per heavy atom. The Kier molecular flexibility index (Phi) is 8.05. The number of benzene rings is 2. The van der Waals surface area contributed by atoms with Crippen LogP contribution in [-0.2, 0) is 14.3 Å². The summed E-state index contributed by atoms with van der Waals surface area (Å²) in [7, 11) is 4.83. The van der Waals surface area contributed by atoms with E-state index >= 15 is 0 Å². The first-order chi connectivity index (χ1) is 18.9. The molecule has 1 fully saturated rings. The van der Waals surface area contributed by atoms with Crippen molar-refractivity contribution in [2.24, 2.45) is 10.9 Å². The van der Waals surface area contributed by atoms with Gasteiger partial charge in [-0.1, -0.05) is 24.6 Å². The Morgan fingerprint density at radius 3 is 2.23 bits per heavy atom. The topological polar surface area (TPSA) is 83.4 Å². The minimum Gasteiger partial charge on any atom is -0.497 e. The third-order valence-electron chi connectivity index (χ3n) is 8.34. The van der Waals surface area contributed by atoms with Crippen molar-refractivity contribution in [1.82, 2.24) is 0 Å². The van der Waals surface area contributed by atoms with Crippen LogP contribution in [0.2, 0.25) is 0 Å². The third kappa shape index (κ3) is 5.45. The number of Topliss-reactive ketones (excluding diaryl/α,β-unsaturated/α-hetero) is 1. The molecule has 39 heavy (non-hydrogen) atoms. The minimum absolute atomic E-state index is 0.00265. The second-order valence-corrected chi connectivity index (χ2v) is 10.7. The Labute approximate surface area is 230 Å². The lowest BCUT2D eigenvalue weighted by Gasteiger charge is -2.37. The van der Waals surface area contributed by atoms with Gasteiger partial charge in [0.2, 0.25) is 0 Å². The van der Waals surface area contributed by atoms with Crippen LogP contribution in [0.15, 0.2) is 58.7 Å². The zero-order valence-corrected chi connectivity index (χ0v) is 23.2. The molecule has 1 unspecified atom stereocenters. The van der Waals surface area contributed by atoms with Crippen molar-refractivity contribution in [2.45, 2.75) is 69.8 Å². The van der Waals surface area contributed by atoms with Gasteiger partial charge in [-0.05, 0) is 68.7 Å². The number of ether oxygens (including phenoxy) is 4. The molecule has 2 aromatic rings. The van der Waals surface area contributed by atoms with Gasteiger partial charge in [0, 0.05) is 41.0 Å². The lowest BCUT2D eigenvalue weighted by Crippen LogP contribution is -2.39. The molecule has 1 aliphatic heterocycles. The lowest BCUT2D eigenvalue weighted by molar-refractivity contribution is -0.153. The number of allylic oxidation sites excluding steroid dienone is 2. The van der Waals surface area contributed by atoms with E-state index in [0.717, 1.165) is 48.3 Å². The standard InChI is InChI=1S/C32H37NO6/c1-19-29(32(35)39-23-8-6-5-7-9-23)30(25-15-14-24(37-3)18-28(25)38-4)31-26(33-19)16-21(17-27(31)34)20-10-12-22(36-2)13-11-20/h10-15,18,21,23,29-30H,5-9,16-17H2,1-4H3/t21-,29?,30-/m1/s1. The minimum atomic E-state index is -0.700. The maximum atomic E-state index is 13.9. The molecule has 0 bridgehead atoms. The van der Waals surface area contributed by atoms with E-state index in [2.05, 4.69) is 0 Å². The average molecular weight is 532 g/mol. The molecule has 1 saturated carbocycles. The number of carbonyl (C=O) groups excluding carboxylic acids is 2. The van der Waals surface area contributed by atoms with E-state index in [4.69, 9.17) is 23.9 Å². The van der Waals surface area contributed by atoms with E-state index in [-0.39, 0.29) is 23.8 Å². The summed E-state index contributed by atoms with van der Waals surface area (Å²) < 4.78 is 22.6. The predicted octanol–water partition coefficient (Wildman–Crippen LogP) is 6.16. The highest BCUT2D eigenvalue weighted by molar-refractivity contribution is 6.09. The largest absolute Gasteiger partial charge is 0.497 e. The fourth-order valence-electron chi connectivity index (χ4n) is 6.31. The molecular weight excluding hydrogens is 494 g/mol. The summed E-state index contributed by atoms with van der Waals surface area (Å²) in [5.41, 5.74) is 3.84. The van der Waals surface area contributed by atoms with E-state index in [1.807, 2.05) is 43.3 Å². The fourth-order valence-corrected chi connectivity index (χ4v) is 6.31. The summed E-state index contributed by atoms with van der Waals surface area (Å²) >= 11 is 0. The monoisotopic (exact) mass is 531 g/mol. The van der Waals surface area contributed by atoms with Crippen molar-refractivity contribution >= 4 is 17.5 Å². The maximum absolute atomic E-state index is 13.9. The van der Waals surface area contributed by atoms with Crippen molar-refractivity contribution in [3.05, 3.63) is 64.9 Å². The number of methoxy groups -OCH3 is 3. The van der Waals surface area contributed by atoms with Gasteiger partial charge in [-0.2, -0.15) is 0 Å². The first-order valence-corrected chi connectivity index (χ1v) is 13.8. The van der Waals surface area contributed by atoms with E-state index < -0.39 is 11.8 Å². The Morgan fingerprint density at radius 1 is 0.872 bits per heavy atom. The van der Waals surface area contributed by atoms with Crippen LogP contribution >= 0.6 is 0 Å². The van der Waals surface area contributed by atoms with Gasteiger partial charge < -0.3 is 18.9 Å². The van der Waals surface area contributed by atoms with Gasteiger partial charge in [-0.25, -0.2) is 0 Å². The molecule has 2 aromatic carbocycles. The Bertz CT molecular complexity index is 1290. The Hall–Kier alpha value is -3.61. The van der Waals surface area contributed by atoms with Crippen molar-refractivity contribution < 1.29 is 28.5 Å². The maximum Gasteiger partial charge on any atom is 0.315 e. The average Bonchev–Trinajstić information content (AvgIpc) is 2.96. The molecule has 206 valence electrons. The van der Waals surface area contributed by atoms with E-state index in [9.17, 15) is 9.59 Å². The van der Waals surface area contributed by atoms with Gasteiger partial charge in [-0.3, -0.25) is 14.6 Å². The van der Waals surface area contributed by atoms with Crippen LogP contribution in [0.5, 0.6) is 17.2 Å². The second-order valence-electron chi connectivity index (χ2n) is 10.7. The lowest BCUT2D eigenvalue weighted by atomic mass is 9.69. The van der Waals surface area contributed by atoms with Crippen LogP contribution < -0.4 is 14.2 Å². The number of rotatable bonds is 7. The summed E-state index contributed by atoms with van der Waals surface area (Å²) in [6.45, 7) is 1.88. The summed E-state index contributed by atoms with van der Waals surface area (Å²) in [4.78, 5) is 32.6. The van der Waals surface area contributed by atoms with Crippen molar-refractivity contribution in [2.75, 3.05) is 21.3 Å². The number of carbonyl (C=O) groups is 2. The summed E-state index contributed by atoms with van der Waals surface area (Å²) in [5.74, 6) is 0.437. The van der Waals surface area contributed by atoms with Crippen molar-refractivity contribution in [1.29, 1.82) is 0 Å². The molecule has 0 N–H and O–H groups in total. The number of hydrogen-bond acceptors (Lipinski definition) is 7. The highest BCUT2D eigenvalue weighted by atomic mass is 16.5. The van der Waals surface area contributed by atoms with Gasteiger partial charge in [0.05, 0.1) is 21.3 Å². The molecule has 5 rings (SSSR count). The van der Waals surface area contributed by atoms with Gasteiger partial charge in [0.15, 0.2) is 5.78 Å². The van der Waals surface area contributed by atoms with Crippen LogP contribution in [0.25, 0.3) is 0 Å². The predicted molar refractivity (Wildman–Crippen MR) is 149 cm³/mol. The molecule has 1 heterocycles. The molecule has 3 aliphatic rings. The molecule has 0 aromatic heterocycles. The van der Waals surface area contributed by atoms with Crippen molar-refractivity contribution in [3.63, 3.8) is 0 Å². The van der Waals surface area contributed by atoms with E-state index in [1.54, 1.807) is 27.4 Å². The van der Waals surface area contributed by atoms with Gasteiger partial charge in [0.1, 0.15) is 29.3 Å².